The van der Waals surface area contributed by atoms with Crippen molar-refractivity contribution in [3.8, 4) is 11.5 Å². The maximum atomic E-state index is 6.30. The van der Waals surface area contributed by atoms with Crippen LogP contribution in [0.5, 0.6) is 11.5 Å². The number of piperazine rings is 1. The highest BCUT2D eigenvalue weighted by Gasteiger charge is 2.17. The Kier molecular flexibility index (Phi) is 12.9. The Morgan fingerprint density at radius 1 is 0.867 bits per heavy atom. The topological polar surface area (TPSA) is 33.7 Å². The zero-order valence-electron chi connectivity index (χ0n) is 19.9. The van der Waals surface area contributed by atoms with Crippen LogP contribution >= 0.6 is 0 Å². The van der Waals surface area contributed by atoms with Gasteiger partial charge in [-0.1, -0.05) is 77.7 Å². The largest absolute Gasteiger partial charge is 0.493 e. The molecule has 1 aromatic rings. The summed E-state index contributed by atoms with van der Waals surface area (Å²) >= 11 is 0. The summed E-state index contributed by atoms with van der Waals surface area (Å²) in [7, 11) is 1.76. The maximum Gasteiger partial charge on any atom is 0.165 e. The number of methoxy groups -OCH3 is 1. The second-order valence-electron chi connectivity index (χ2n) is 8.70. The van der Waals surface area contributed by atoms with Crippen LogP contribution in [0.15, 0.2) is 12.1 Å². The van der Waals surface area contributed by atoms with E-state index in [1.54, 1.807) is 7.11 Å². The zero-order valence-corrected chi connectivity index (χ0v) is 19.9. The van der Waals surface area contributed by atoms with Crippen molar-refractivity contribution in [1.29, 1.82) is 0 Å². The second kappa shape index (κ2) is 15.5. The van der Waals surface area contributed by atoms with Crippen molar-refractivity contribution in [2.45, 2.75) is 91.0 Å². The molecule has 0 aliphatic carbocycles. The van der Waals surface area contributed by atoms with E-state index in [0.717, 1.165) is 63.7 Å². The lowest BCUT2D eigenvalue weighted by Crippen LogP contribution is -2.42. The van der Waals surface area contributed by atoms with Crippen molar-refractivity contribution in [3.63, 3.8) is 0 Å². The average molecular weight is 419 g/mol. The molecule has 4 nitrogen and oxygen atoms in total. The van der Waals surface area contributed by atoms with Gasteiger partial charge in [-0.15, -0.1) is 0 Å². The molecule has 0 aromatic heterocycles. The van der Waals surface area contributed by atoms with E-state index in [9.17, 15) is 0 Å². The Morgan fingerprint density at radius 3 is 2.10 bits per heavy atom. The third-order valence-electron chi connectivity index (χ3n) is 6.17. The number of hydrogen-bond acceptors (Lipinski definition) is 4. The summed E-state index contributed by atoms with van der Waals surface area (Å²) in [5, 5.41) is 3.44. The summed E-state index contributed by atoms with van der Waals surface area (Å²) in [5.74, 6) is 1.86. The number of ether oxygens (including phenoxy) is 2. The quantitative estimate of drug-likeness (QED) is 0.336. The molecule has 1 N–H and O–H groups in total. The molecule has 30 heavy (non-hydrogen) atoms. The van der Waals surface area contributed by atoms with E-state index in [0.29, 0.717) is 0 Å². The van der Waals surface area contributed by atoms with Gasteiger partial charge in [-0.2, -0.15) is 0 Å². The lowest BCUT2D eigenvalue weighted by molar-refractivity contribution is 0.224. The van der Waals surface area contributed by atoms with Crippen LogP contribution in [0.1, 0.15) is 89.2 Å². The lowest BCUT2D eigenvalue weighted by atomic mass is 10.1. The summed E-state index contributed by atoms with van der Waals surface area (Å²) in [6, 6.07) is 4.47. The third kappa shape index (κ3) is 9.26. The Bertz CT molecular complexity index is 570. The number of hydrogen-bond donors (Lipinski definition) is 1. The van der Waals surface area contributed by atoms with E-state index >= 15 is 0 Å². The van der Waals surface area contributed by atoms with Gasteiger partial charge >= 0.3 is 0 Å². The molecule has 0 atom stereocenters. The maximum absolute atomic E-state index is 6.30. The predicted octanol–water partition coefficient (Wildman–Crippen LogP) is 5.96. The third-order valence-corrected chi connectivity index (χ3v) is 6.17. The van der Waals surface area contributed by atoms with Crippen LogP contribution in [0.4, 0.5) is 0 Å². The Balaban J connectivity index is 1.77. The van der Waals surface area contributed by atoms with Gasteiger partial charge in [0.1, 0.15) is 0 Å². The van der Waals surface area contributed by atoms with Crippen molar-refractivity contribution in [3.05, 3.63) is 23.3 Å². The Hall–Kier alpha value is -1.26. The van der Waals surface area contributed by atoms with Crippen molar-refractivity contribution >= 4 is 0 Å². The van der Waals surface area contributed by atoms with Crippen LogP contribution < -0.4 is 14.8 Å². The standard InChI is InChI=1S/C26H46N2O2/c1-4-6-7-8-9-10-11-12-13-14-19-30-26-24(22-28-17-15-27-16-18-28)20-23(5-2)21-25(26)29-3/h20-21,27H,4-19,22H2,1-3H3. The molecule has 0 bridgehead atoms. The Labute approximate surface area is 185 Å². The second-order valence-corrected chi connectivity index (χ2v) is 8.70. The van der Waals surface area contributed by atoms with E-state index in [4.69, 9.17) is 9.47 Å². The van der Waals surface area contributed by atoms with Gasteiger partial charge in [-0.3, -0.25) is 4.90 Å². The van der Waals surface area contributed by atoms with Crippen molar-refractivity contribution < 1.29 is 9.47 Å². The number of unbranched alkanes of at least 4 members (excludes halogenated alkanes) is 9. The molecule has 172 valence electrons. The van der Waals surface area contributed by atoms with Gasteiger partial charge in [-0.05, 0) is 24.5 Å². The number of aryl methyl sites for hydroxylation is 1. The van der Waals surface area contributed by atoms with Gasteiger partial charge in [-0.25, -0.2) is 0 Å². The minimum absolute atomic E-state index is 0.785. The van der Waals surface area contributed by atoms with Crippen LogP contribution in [0, 0.1) is 0 Å². The van der Waals surface area contributed by atoms with Crippen LogP contribution in [0.25, 0.3) is 0 Å². The van der Waals surface area contributed by atoms with Gasteiger partial charge in [0.15, 0.2) is 11.5 Å². The monoisotopic (exact) mass is 418 g/mol. The highest BCUT2D eigenvalue weighted by Crippen LogP contribution is 2.34. The molecule has 1 aromatic carbocycles. The first-order valence-electron chi connectivity index (χ1n) is 12.5. The summed E-state index contributed by atoms with van der Waals surface area (Å²) in [5.41, 5.74) is 2.60. The van der Waals surface area contributed by atoms with Crippen molar-refractivity contribution in [2.24, 2.45) is 0 Å². The Morgan fingerprint density at radius 2 is 1.50 bits per heavy atom. The first-order valence-corrected chi connectivity index (χ1v) is 12.5. The molecule has 1 saturated heterocycles. The minimum Gasteiger partial charge on any atom is -0.493 e. The summed E-state index contributed by atoms with van der Waals surface area (Å²) in [6.07, 6.45) is 14.5. The SMILES string of the molecule is CCCCCCCCCCCCOc1c(CN2CCNCC2)cc(CC)cc1OC. The number of nitrogens with one attached hydrogen (secondary N) is 1. The van der Waals surface area contributed by atoms with Gasteiger partial charge in [0.2, 0.25) is 0 Å². The molecule has 1 aliphatic rings. The lowest BCUT2D eigenvalue weighted by Gasteiger charge is -2.28. The fourth-order valence-electron chi connectivity index (χ4n) is 4.23. The number of benzene rings is 1. The molecule has 0 saturated carbocycles. The van der Waals surface area contributed by atoms with E-state index in [1.807, 2.05) is 0 Å². The van der Waals surface area contributed by atoms with E-state index in [-0.39, 0.29) is 0 Å². The van der Waals surface area contributed by atoms with Gasteiger partial charge in [0.25, 0.3) is 0 Å². The van der Waals surface area contributed by atoms with E-state index < -0.39 is 0 Å². The van der Waals surface area contributed by atoms with Crippen molar-refractivity contribution in [1.82, 2.24) is 10.2 Å². The molecule has 0 radical (unpaired) electrons. The molecule has 1 heterocycles. The number of nitrogens with zero attached hydrogens (tertiary/aromatic N) is 1. The molecule has 0 spiro atoms. The summed E-state index contributed by atoms with van der Waals surface area (Å²) < 4.78 is 12.0. The average Bonchev–Trinajstić information content (AvgIpc) is 2.78. The van der Waals surface area contributed by atoms with Gasteiger partial charge in [0.05, 0.1) is 13.7 Å². The zero-order chi connectivity index (χ0) is 21.4. The molecular formula is C26H46N2O2. The highest BCUT2D eigenvalue weighted by atomic mass is 16.5. The normalized spacial score (nSPS) is 14.8. The first kappa shape index (κ1) is 25.0. The van der Waals surface area contributed by atoms with Gasteiger partial charge in [0, 0.05) is 38.3 Å². The molecule has 1 fully saturated rings. The van der Waals surface area contributed by atoms with Crippen LogP contribution in [-0.2, 0) is 13.0 Å². The van der Waals surface area contributed by atoms with E-state index in [2.05, 4.69) is 36.2 Å². The highest BCUT2D eigenvalue weighted by molar-refractivity contribution is 5.49. The van der Waals surface area contributed by atoms with Crippen LogP contribution in [0.3, 0.4) is 0 Å². The molecular weight excluding hydrogens is 372 g/mol. The fourth-order valence-corrected chi connectivity index (χ4v) is 4.23. The first-order chi connectivity index (χ1) is 14.8. The molecule has 1 aliphatic heterocycles. The van der Waals surface area contributed by atoms with Gasteiger partial charge < -0.3 is 14.8 Å². The van der Waals surface area contributed by atoms with E-state index in [1.165, 1.54) is 68.9 Å². The molecule has 4 heteroatoms. The van der Waals surface area contributed by atoms with Crippen LogP contribution in [0.2, 0.25) is 0 Å². The number of rotatable bonds is 16. The molecule has 2 rings (SSSR count). The summed E-state index contributed by atoms with van der Waals surface area (Å²) in [6.45, 7) is 10.5. The smallest absolute Gasteiger partial charge is 0.165 e. The predicted molar refractivity (Wildman–Crippen MR) is 128 cm³/mol. The summed E-state index contributed by atoms with van der Waals surface area (Å²) in [4.78, 5) is 2.51. The van der Waals surface area contributed by atoms with Crippen molar-refractivity contribution in [2.75, 3.05) is 39.9 Å². The molecule has 0 amide bonds. The fraction of sp³-hybridized carbons (Fsp3) is 0.769. The molecule has 0 unspecified atom stereocenters. The van der Waals surface area contributed by atoms with Crippen LogP contribution in [-0.4, -0.2) is 44.8 Å². The minimum atomic E-state index is 0.785.